The zero-order chi connectivity index (χ0) is 13.1. The molecular weight excluding hydrogens is 366 g/mol. The lowest BCUT2D eigenvalue weighted by atomic mass is 10.0. The van der Waals surface area contributed by atoms with Gasteiger partial charge in [0.05, 0.1) is 0 Å². The number of hydrogen-bond donors (Lipinski definition) is 0. The van der Waals surface area contributed by atoms with Gasteiger partial charge in [-0.2, -0.15) is 0 Å². The normalized spacial score (nSPS) is 10.7. The fourth-order valence-electron chi connectivity index (χ4n) is 1.67. The third kappa shape index (κ3) is 2.81. The maximum Gasteiger partial charge on any atom is 0.127 e. The van der Waals surface area contributed by atoms with Gasteiger partial charge in [0.2, 0.25) is 0 Å². The van der Waals surface area contributed by atoms with Gasteiger partial charge in [-0.15, -0.1) is 0 Å². The fourth-order valence-corrected chi connectivity index (χ4v) is 2.58. The predicted octanol–water partition coefficient (Wildman–Crippen LogP) is 5.42. The van der Waals surface area contributed by atoms with Gasteiger partial charge in [-0.05, 0) is 34.4 Å². The summed E-state index contributed by atoms with van der Waals surface area (Å²) in [5.74, 6) is -0.566. The second-order valence-corrected chi connectivity index (χ2v) is 5.00. The van der Waals surface area contributed by atoms with E-state index in [9.17, 15) is 8.78 Å². The van der Waals surface area contributed by atoms with Gasteiger partial charge in [-0.25, -0.2) is 8.78 Å². The van der Waals surface area contributed by atoms with Gasteiger partial charge in [0, 0.05) is 10.7 Å². The molecule has 2 aromatic carbocycles. The SMILES string of the molecule is Fc1cc(-c2ccc(CBr)c(F)c2)ccc1CBr. The topological polar surface area (TPSA) is 0 Å². The second-order valence-electron chi connectivity index (χ2n) is 3.88. The van der Waals surface area contributed by atoms with Crippen molar-refractivity contribution in [3.63, 3.8) is 0 Å². The first kappa shape index (κ1) is 13.7. The number of rotatable bonds is 3. The van der Waals surface area contributed by atoms with E-state index in [1.165, 1.54) is 12.1 Å². The van der Waals surface area contributed by atoms with Crippen LogP contribution >= 0.6 is 31.9 Å². The predicted molar refractivity (Wildman–Crippen MR) is 77.1 cm³/mol. The highest BCUT2D eigenvalue weighted by atomic mass is 79.9. The van der Waals surface area contributed by atoms with Crippen LogP contribution in [-0.4, -0.2) is 0 Å². The summed E-state index contributed by atoms with van der Waals surface area (Å²) in [4.78, 5) is 0. The Morgan fingerprint density at radius 1 is 0.722 bits per heavy atom. The summed E-state index contributed by atoms with van der Waals surface area (Å²) >= 11 is 6.43. The maximum atomic E-state index is 13.7. The summed E-state index contributed by atoms with van der Waals surface area (Å²) in [5.41, 5.74) is 2.54. The van der Waals surface area contributed by atoms with Crippen molar-refractivity contribution in [2.45, 2.75) is 10.7 Å². The summed E-state index contributed by atoms with van der Waals surface area (Å²) in [6.45, 7) is 0. The van der Waals surface area contributed by atoms with Gasteiger partial charge >= 0.3 is 0 Å². The lowest BCUT2D eigenvalue weighted by molar-refractivity contribution is 0.616. The molecule has 94 valence electrons. The maximum absolute atomic E-state index is 13.7. The monoisotopic (exact) mass is 374 g/mol. The molecule has 4 heteroatoms. The molecule has 0 aliphatic heterocycles. The standard InChI is InChI=1S/C14H10Br2F2/c15-7-11-3-1-9(5-13(11)17)10-2-4-12(8-16)14(18)6-10/h1-6H,7-8H2. The molecule has 0 aromatic heterocycles. The Labute approximate surface area is 121 Å². The van der Waals surface area contributed by atoms with Crippen LogP contribution in [0.4, 0.5) is 8.78 Å². The smallest absolute Gasteiger partial charge is 0.127 e. The molecule has 2 aromatic rings. The Morgan fingerprint density at radius 3 is 1.39 bits per heavy atom. The molecule has 0 unspecified atom stereocenters. The van der Waals surface area contributed by atoms with Gasteiger partial charge in [-0.1, -0.05) is 56.1 Å². The first-order valence-corrected chi connectivity index (χ1v) is 7.59. The van der Waals surface area contributed by atoms with Crippen LogP contribution in [0.25, 0.3) is 11.1 Å². The van der Waals surface area contributed by atoms with E-state index < -0.39 is 0 Å². The number of alkyl halides is 2. The fraction of sp³-hybridized carbons (Fsp3) is 0.143. The van der Waals surface area contributed by atoms with E-state index in [1.807, 2.05) is 0 Å². The van der Waals surface area contributed by atoms with Crippen molar-refractivity contribution >= 4 is 31.9 Å². The third-order valence-corrected chi connectivity index (χ3v) is 3.94. The first-order valence-electron chi connectivity index (χ1n) is 5.35. The molecule has 0 saturated carbocycles. The molecule has 2 rings (SSSR count). The van der Waals surface area contributed by atoms with Crippen molar-refractivity contribution in [1.82, 2.24) is 0 Å². The van der Waals surface area contributed by atoms with E-state index in [2.05, 4.69) is 31.9 Å². The van der Waals surface area contributed by atoms with Crippen LogP contribution in [0.1, 0.15) is 11.1 Å². The van der Waals surface area contributed by atoms with Crippen LogP contribution in [0.2, 0.25) is 0 Å². The van der Waals surface area contributed by atoms with Gasteiger partial charge < -0.3 is 0 Å². The molecule has 0 aliphatic rings. The molecular formula is C14H10Br2F2. The summed E-state index contributed by atoms with van der Waals surface area (Å²) in [5, 5.41) is 0.937. The van der Waals surface area contributed by atoms with Crippen LogP contribution in [0.5, 0.6) is 0 Å². The molecule has 0 atom stereocenters. The van der Waals surface area contributed by atoms with Crippen molar-refractivity contribution < 1.29 is 8.78 Å². The Bertz CT molecular complexity index is 516. The van der Waals surface area contributed by atoms with Crippen molar-refractivity contribution in [2.75, 3.05) is 0 Å². The highest BCUT2D eigenvalue weighted by molar-refractivity contribution is 9.08. The number of halogens is 4. The lowest BCUT2D eigenvalue weighted by Gasteiger charge is -2.06. The minimum Gasteiger partial charge on any atom is -0.207 e. The highest BCUT2D eigenvalue weighted by Gasteiger charge is 2.07. The van der Waals surface area contributed by atoms with E-state index in [4.69, 9.17) is 0 Å². The molecule has 0 fully saturated rings. The summed E-state index contributed by atoms with van der Waals surface area (Å²) in [7, 11) is 0. The van der Waals surface area contributed by atoms with Crippen molar-refractivity contribution in [3.8, 4) is 11.1 Å². The molecule has 0 saturated heterocycles. The van der Waals surface area contributed by atoms with E-state index in [1.54, 1.807) is 24.3 Å². The molecule has 0 N–H and O–H groups in total. The summed E-state index contributed by atoms with van der Waals surface area (Å²) < 4.78 is 27.3. The highest BCUT2D eigenvalue weighted by Crippen LogP contribution is 2.25. The minimum absolute atomic E-state index is 0.283. The van der Waals surface area contributed by atoms with Gasteiger partial charge in [0.15, 0.2) is 0 Å². The number of benzene rings is 2. The Kier molecular flexibility index (Phi) is 4.51. The van der Waals surface area contributed by atoms with Gasteiger partial charge in [0.1, 0.15) is 11.6 Å². The minimum atomic E-state index is -0.283. The first-order chi connectivity index (χ1) is 8.65. The van der Waals surface area contributed by atoms with Crippen molar-refractivity contribution in [3.05, 3.63) is 59.2 Å². The molecule has 0 aliphatic carbocycles. The molecule has 0 radical (unpaired) electrons. The zero-order valence-corrected chi connectivity index (χ0v) is 12.6. The Morgan fingerprint density at radius 2 is 1.11 bits per heavy atom. The van der Waals surface area contributed by atoms with Crippen LogP contribution in [0.15, 0.2) is 36.4 Å². The Balaban J connectivity index is 2.42. The zero-order valence-electron chi connectivity index (χ0n) is 9.39. The van der Waals surface area contributed by atoms with Crippen molar-refractivity contribution in [2.24, 2.45) is 0 Å². The molecule has 0 amide bonds. The van der Waals surface area contributed by atoms with Crippen LogP contribution < -0.4 is 0 Å². The molecule has 0 heterocycles. The van der Waals surface area contributed by atoms with Crippen LogP contribution in [-0.2, 0) is 10.7 Å². The van der Waals surface area contributed by atoms with Gasteiger partial charge in [-0.3, -0.25) is 0 Å². The molecule has 0 nitrogen and oxygen atoms in total. The average molecular weight is 376 g/mol. The number of hydrogen-bond acceptors (Lipinski definition) is 0. The molecule has 0 bridgehead atoms. The van der Waals surface area contributed by atoms with E-state index in [0.29, 0.717) is 32.9 Å². The van der Waals surface area contributed by atoms with Crippen LogP contribution in [0.3, 0.4) is 0 Å². The van der Waals surface area contributed by atoms with E-state index in [-0.39, 0.29) is 11.6 Å². The summed E-state index contributed by atoms with van der Waals surface area (Å²) in [6.07, 6.45) is 0. The Hall–Kier alpha value is -0.740. The molecule has 18 heavy (non-hydrogen) atoms. The van der Waals surface area contributed by atoms with E-state index >= 15 is 0 Å². The quantitative estimate of drug-likeness (QED) is 0.628. The molecule has 0 spiro atoms. The van der Waals surface area contributed by atoms with Gasteiger partial charge in [0.25, 0.3) is 0 Å². The van der Waals surface area contributed by atoms with E-state index in [0.717, 1.165) is 0 Å². The third-order valence-electron chi connectivity index (χ3n) is 2.73. The van der Waals surface area contributed by atoms with Crippen molar-refractivity contribution in [1.29, 1.82) is 0 Å². The second kappa shape index (κ2) is 5.93. The average Bonchev–Trinajstić information content (AvgIpc) is 2.38. The van der Waals surface area contributed by atoms with Crippen LogP contribution in [0, 0.1) is 11.6 Å². The lowest BCUT2D eigenvalue weighted by Crippen LogP contribution is -1.90. The summed E-state index contributed by atoms with van der Waals surface area (Å²) in [6, 6.07) is 9.86. The largest absolute Gasteiger partial charge is 0.207 e.